The average Bonchev–Trinajstić information content (AvgIpc) is 2.48. The van der Waals surface area contributed by atoms with Gasteiger partial charge < -0.3 is 5.11 Å². The van der Waals surface area contributed by atoms with Crippen LogP contribution in [-0.4, -0.2) is 35.0 Å². The second-order valence-electron chi connectivity index (χ2n) is 4.96. The van der Waals surface area contributed by atoms with Crippen LogP contribution in [0.25, 0.3) is 0 Å². The normalized spacial score (nSPS) is 11.6. The van der Waals surface area contributed by atoms with Crippen molar-refractivity contribution in [3.63, 3.8) is 0 Å². The van der Waals surface area contributed by atoms with Gasteiger partial charge in [0, 0.05) is 18.3 Å². The smallest absolute Gasteiger partial charge is 0.335 e. The molecule has 2 rings (SSSR count). The third-order valence-corrected chi connectivity index (χ3v) is 4.38. The summed E-state index contributed by atoms with van der Waals surface area (Å²) in [7, 11) is -3.59. The second-order valence-corrected chi connectivity index (χ2v) is 6.95. The zero-order valence-electron chi connectivity index (χ0n) is 12.3. The van der Waals surface area contributed by atoms with Gasteiger partial charge in [0.2, 0.25) is 10.0 Å². The zero-order chi connectivity index (χ0) is 17.0. The number of pyridine rings is 1. The van der Waals surface area contributed by atoms with E-state index in [0.717, 1.165) is 16.6 Å². The van der Waals surface area contributed by atoms with E-state index in [4.69, 9.17) is 5.11 Å². The molecule has 0 radical (unpaired) electrons. The van der Waals surface area contributed by atoms with Crippen molar-refractivity contribution in [2.24, 2.45) is 0 Å². The van der Waals surface area contributed by atoms with Crippen molar-refractivity contribution in [1.82, 2.24) is 9.29 Å². The Morgan fingerprint density at radius 2 is 2.00 bits per heavy atom. The predicted molar refractivity (Wildman–Crippen MR) is 81.7 cm³/mol. The van der Waals surface area contributed by atoms with Crippen molar-refractivity contribution in [3.8, 4) is 0 Å². The predicted octanol–water partition coefficient (Wildman–Crippen LogP) is 1.88. The van der Waals surface area contributed by atoms with Crippen LogP contribution in [-0.2, 0) is 23.1 Å². The lowest BCUT2D eigenvalue weighted by Gasteiger charge is -2.20. The molecule has 1 N–H and O–H groups in total. The highest BCUT2D eigenvalue weighted by Gasteiger charge is 2.20. The van der Waals surface area contributed by atoms with Crippen LogP contribution >= 0.6 is 0 Å². The number of carbonyl (C=O) groups is 1. The highest BCUT2D eigenvalue weighted by atomic mass is 32.2. The van der Waals surface area contributed by atoms with Gasteiger partial charge >= 0.3 is 5.97 Å². The maximum atomic E-state index is 14.0. The molecule has 0 atom stereocenters. The Bertz CT molecular complexity index is 809. The third kappa shape index (κ3) is 4.57. The van der Waals surface area contributed by atoms with Gasteiger partial charge in [0.05, 0.1) is 24.1 Å². The summed E-state index contributed by atoms with van der Waals surface area (Å²) in [4.78, 5) is 14.9. The second kappa shape index (κ2) is 6.84. The first-order valence-electron chi connectivity index (χ1n) is 6.64. The fourth-order valence-electron chi connectivity index (χ4n) is 1.96. The minimum absolute atomic E-state index is 0.000203. The lowest BCUT2D eigenvalue weighted by atomic mass is 10.1. The van der Waals surface area contributed by atoms with Gasteiger partial charge in [-0.2, -0.15) is 4.31 Å². The van der Waals surface area contributed by atoms with Gasteiger partial charge in [-0.3, -0.25) is 4.98 Å². The summed E-state index contributed by atoms with van der Waals surface area (Å²) in [6.45, 7) is -0.207. The first-order valence-corrected chi connectivity index (χ1v) is 8.49. The van der Waals surface area contributed by atoms with Crippen molar-refractivity contribution >= 4 is 16.0 Å². The molecule has 6 nitrogen and oxygen atoms in total. The summed E-state index contributed by atoms with van der Waals surface area (Å²) in [5, 5.41) is 8.82. The number of sulfonamides is 1. The molecular weight excluding hydrogens is 323 g/mol. The van der Waals surface area contributed by atoms with Gasteiger partial charge in [-0.1, -0.05) is 12.1 Å². The van der Waals surface area contributed by atoms with E-state index < -0.39 is 21.8 Å². The molecule has 0 aliphatic carbocycles. The van der Waals surface area contributed by atoms with Crippen LogP contribution in [0.1, 0.15) is 21.6 Å². The zero-order valence-corrected chi connectivity index (χ0v) is 13.1. The molecule has 0 aliphatic rings. The molecule has 0 saturated heterocycles. The van der Waals surface area contributed by atoms with Crippen molar-refractivity contribution < 1.29 is 22.7 Å². The lowest BCUT2D eigenvalue weighted by molar-refractivity contribution is 0.0696. The molecule has 0 fully saturated rings. The summed E-state index contributed by atoms with van der Waals surface area (Å²) in [6, 6.07) is 8.49. The van der Waals surface area contributed by atoms with Crippen molar-refractivity contribution in [3.05, 3.63) is 65.2 Å². The van der Waals surface area contributed by atoms with Gasteiger partial charge in [0.25, 0.3) is 0 Å². The number of aromatic nitrogens is 1. The number of hydrogen-bond acceptors (Lipinski definition) is 4. The highest BCUT2D eigenvalue weighted by Crippen LogP contribution is 2.16. The SMILES string of the molecule is CS(=O)(=O)N(Cc1ccccn1)Cc1ccc(C(=O)O)cc1F. The Morgan fingerprint density at radius 1 is 1.26 bits per heavy atom. The Kier molecular flexibility index (Phi) is 5.07. The number of halogens is 1. The average molecular weight is 338 g/mol. The molecule has 1 aromatic carbocycles. The van der Waals surface area contributed by atoms with Crippen LogP contribution in [0.5, 0.6) is 0 Å². The van der Waals surface area contributed by atoms with Gasteiger partial charge in [-0.15, -0.1) is 0 Å². The number of nitrogens with zero attached hydrogens (tertiary/aromatic N) is 2. The molecule has 2 aromatic rings. The molecule has 0 spiro atoms. The number of hydrogen-bond donors (Lipinski definition) is 1. The summed E-state index contributed by atoms with van der Waals surface area (Å²) in [5.41, 5.74) is 0.429. The van der Waals surface area contributed by atoms with Gasteiger partial charge in [-0.05, 0) is 24.3 Å². The Balaban J connectivity index is 2.27. The van der Waals surface area contributed by atoms with Crippen LogP contribution in [0, 0.1) is 5.82 Å². The largest absolute Gasteiger partial charge is 0.478 e. The Labute approximate surface area is 133 Å². The summed E-state index contributed by atoms with van der Waals surface area (Å²) in [6.07, 6.45) is 2.57. The molecule has 0 aliphatic heterocycles. The monoisotopic (exact) mass is 338 g/mol. The van der Waals surface area contributed by atoms with Crippen LogP contribution < -0.4 is 0 Å². The molecule has 23 heavy (non-hydrogen) atoms. The van der Waals surface area contributed by atoms with Gasteiger partial charge in [-0.25, -0.2) is 17.6 Å². The Hall–Kier alpha value is -2.32. The van der Waals surface area contributed by atoms with E-state index in [1.807, 2.05) is 0 Å². The molecule has 1 heterocycles. The summed E-state index contributed by atoms with van der Waals surface area (Å²) in [5.74, 6) is -2.01. The molecule has 8 heteroatoms. The number of benzene rings is 1. The van der Waals surface area contributed by atoms with E-state index >= 15 is 0 Å². The standard InChI is InChI=1S/C15H15FN2O4S/c1-23(21,22)18(10-13-4-2-3-7-17-13)9-12-6-5-11(15(19)20)8-14(12)16/h2-8H,9-10H2,1H3,(H,19,20). The minimum atomic E-state index is -3.59. The molecule has 0 saturated carbocycles. The maximum absolute atomic E-state index is 14.0. The number of aromatic carboxylic acids is 1. The van der Waals surface area contributed by atoms with E-state index in [2.05, 4.69) is 4.98 Å². The minimum Gasteiger partial charge on any atom is -0.478 e. The number of carboxylic acid groups (broad SMARTS) is 1. The molecule has 0 unspecified atom stereocenters. The summed E-state index contributed by atoms with van der Waals surface area (Å²) >= 11 is 0. The molecule has 122 valence electrons. The van der Waals surface area contributed by atoms with E-state index in [1.165, 1.54) is 18.3 Å². The van der Waals surface area contributed by atoms with Crippen LogP contribution in [0.15, 0.2) is 42.6 Å². The summed E-state index contributed by atoms with van der Waals surface area (Å²) < 4.78 is 38.9. The van der Waals surface area contributed by atoms with Gasteiger partial charge in [0.1, 0.15) is 5.82 Å². The van der Waals surface area contributed by atoms with Crippen LogP contribution in [0.2, 0.25) is 0 Å². The van der Waals surface area contributed by atoms with E-state index in [9.17, 15) is 17.6 Å². The molecule has 0 amide bonds. The van der Waals surface area contributed by atoms with Crippen LogP contribution in [0.4, 0.5) is 4.39 Å². The molecule has 1 aromatic heterocycles. The van der Waals surface area contributed by atoms with Crippen molar-refractivity contribution in [1.29, 1.82) is 0 Å². The molecule has 0 bridgehead atoms. The quantitative estimate of drug-likeness (QED) is 0.869. The van der Waals surface area contributed by atoms with Crippen LogP contribution in [0.3, 0.4) is 0 Å². The Morgan fingerprint density at radius 3 is 2.52 bits per heavy atom. The van der Waals surface area contributed by atoms with Crippen molar-refractivity contribution in [2.75, 3.05) is 6.26 Å². The van der Waals surface area contributed by atoms with Crippen molar-refractivity contribution in [2.45, 2.75) is 13.1 Å². The third-order valence-electron chi connectivity index (χ3n) is 3.18. The van der Waals surface area contributed by atoms with E-state index in [0.29, 0.717) is 5.69 Å². The van der Waals surface area contributed by atoms with E-state index in [1.54, 1.807) is 18.2 Å². The lowest BCUT2D eigenvalue weighted by Crippen LogP contribution is -2.29. The van der Waals surface area contributed by atoms with Gasteiger partial charge in [0.15, 0.2) is 0 Å². The first-order chi connectivity index (χ1) is 10.8. The number of carboxylic acids is 1. The highest BCUT2D eigenvalue weighted by molar-refractivity contribution is 7.88. The topological polar surface area (TPSA) is 87.6 Å². The first kappa shape index (κ1) is 17.0. The fraction of sp³-hybridized carbons (Fsp3) is 0.200. The van der Waals surface area contributed by atoms with E-state index in [-0.39, 0.29) is 24.2 Å². The number of rotatable bonds is 6. The fourth-order valence-corrected chi connectivity index (χ4v) is 2.70. The maximum Gasteiger partial charge on any atom is 0.335 e. The molecular formula is C15H15FN2O4S.